The van der Waals surface area contributed by atoms with Crippen molar-refractivity contribution >= 4 is 29.0 Å². The van der Waals surface area contributed by atoms with Gasteiger partial charge in [-0.1, -0.05) is 35.3 Å². The molecule has 0 atom stereocenters. The van der Waals surface area contributed by atoms with Crippen molar-refractivity contribution in [1.82, 2.24) is 4.98 Å². The van der Waals surface area contributed by atoms with Crippen molar-refractivity contribution in [1.29, 1.82) is 10.5 Å². The van der Waals surface area contributed by atoms with Crippen molar-refractivity contribution in [2.24, 2.45) is 0 Å². The van der Waals surface area contributed by atoms with Crippen LogP contribution in [0.25, 0.3) is 11.1 Å². The normalized spacial score (nSPS) is 10.2. The second kappa shape index (κ2) is 8.79. The summed E-state index contributed by atoms with van der Waals surface area (Å²) in [7, 11) is 1.44. The van der Waals surface area contributed by atoms with Gasteiger partial charge in [-0.05, 0) is 29.8 Å². The largest absolute Gasteiger partial charge is 0.493 e. The van der Waals surface area contributed by atoms with Crippen LogP contribution in [0.4, 0.5) is 5.82 Å². The third-order valence-corrected chi connectivity index (χ3v) is 5.06. The van der Waals surface area contributed by atoms with E-state index in [0.29, 0.717) is 32.7 Å². The number of nitrogen functional groups attached to an aromatic ring is 1. The molecule has 0 unspecified atom stereocenters. The van der Waals surface area contributed by atoms with Crippen LogP contribution in [-0.4, -0.2) is 12.1 Å². The third-order valence-electron chi connectivity index (χ3n) is 4.35. The molecule has 150 valence electrons. The fourth-order valence-corrected chi connectivity index (χ4v) is 3.40. The van der Waals surface area contributed by atoms with Gasteiger partial charge in [-0.25, -0.2) is 0 Å². The van der Waals surface area contributed by atoms with Crippen molar-refractivity contribution < 1.29 is 9.47 Å². The summed E-state index contributed by atoms with van der Waals surface area (Å²) in [6.07, 6.45) is 0. The lowest BCUT2D eigenvalue weighted by molar-refractivity contribution is 0.285. The molecule has 0 saturated heterocycles. The summed E-state index contributed by atoms with van der Waals surface area (Å²) < 4.78 is 11.2. The standard InChI is InChI=1S/C21H14Cl2N4O3/c1-29-18-7-11(19-12(8-24)20(26)27-21(28)13(19)9-25)5-6-17(18)30-10-14-15(22)3-2-4-16(14)23/h2-7H,10H2,1H3,(H3,26,27,28). The Bertz CT molecular complexity index is 1250. The summed E-state index contributed by atoms with van der Waals surface area (Å²) >= 11 is 12.3. The van der Waals surface area contributed by atoms with E-state index >= 15 is 0 Å². The Morgan fingerprint density at radius 3 is 2.33 bits per heavy atom. The molecular formula is C21H14Cl2N4O3. The second-order valence-corrected chi connectivity index (χ2v) is 6.89. The molecule has 3 rings (SSSR count). The number of hydrogen-bond acceptors (Lipinski definition) is 6. The van der Waals surface area contributed by atoms with Gasteiger partial charge in [-0.2, -0.15) is 10.5 Å². The van der Waals surface area contributed by atoms with E-state index in [1.807, 2.05) is 12.1 Å². The fourth-order valence-electron chi connectivity index (χ4n) is 2.89. The van der Waals surface area contributed by atoms with Crippen LogP contribution >= 0.6 is 23.2 Å². The van der Waals surface area contributed by atoms with E-state index in [9.17, 15) is 15.3 Å². The predicted octanol–water partition coefficient (Wildman–Crippen LogP) is 4.26. The molecular weight excluding hydrogens is 427 g/mol. The number of ether oxygens (including phenoxy) is 2. The molecule has 2 aromatic carbocycles. The summed E-state index contributed by atoms with van der Waals surface area (Å²) in [6.45, 7) is 0.0963. The zero-order valence-electron chi connectivity index (χ0n) is 15.6. The van der Waals surface area contributed by atoms with Gasteiger partial charge in [0, 0.05) is 21.2 Å². The maximum Gasteiger partial charge on any atom is 0.268 e. The Labute approximate surface area is 181 Å². The number of halogens is 2. The number of benzene rings is 2. The lowest BCUT2D eigenvalue weighted by Crippen LogP contribution is -2.16. The highest BCUT2D eigenvalue weighted by Gasteiger charge is 2.20. The molecule has 30 heavy (non-hydrogen) atoms. The highest BCUT2D eigenvalue weighted by molar-refractivity contribution is 6.35. The molecule has 0 radical (unpaired) electrons. The number of anilines is 1. The first kappa shape index (κ1) is 21.1. The highest BCUT2D eigenvalue weighted by atomic mass is 35.5. The van der Waals surface area contributed by atoms with Crippen LogP contribution in [0.2, 0.25) is 10.0 Å². The number of nitrogens with two attached hydrogens (primary N) is 1. The molecule has 0 saturated carbocycles. The van der Waals surface area contributed by atoms with Crippen molar-refractivity contribution in [2.45, 2.75) is 6.61 Å². The second-order valence-electron chi connectivity index (χ2n) is 6.07. The topological polar surface area (TPSA) is 125 Å². The number of methoxy groups -OCH3 is 1. The summed E-state index contributed by atoms with van der Waals surface area (Å²) in [5.74, 6) is 0.582. The van der Waals surface area contributed by atoms with Gasteiger partial charge >= 0.3 is 0 Å². The van der Waals surface area contributed by atoms with Crippen LogP contribution < -0.4 is 20.8 Å². The quantitative estimate of drug-likeness (QED) is 0.610. The fraction of sp³-hybridized carbons (Fsp3) is 0.0952. The van der Waals surface area contributed by atoms with Gasteiger partial charge in [-0.3, -0.25) is 4.79 Å². The molecule has 3 N–H and O–H groups in total. The average Bonchev–Trinajstić information content (AvgIpc) is 2.73. The number of nitrogens with zero attached hydrogens (tertiary/aromatic N) is 2. The van der Waals surface area contributed by atoms with Crippen molar-refractivity contribution in [3.63, 3.8) is 0 Å². The van der Waals surface area contributed by atoms with E-state index in [2.05, 4.69) is 4.98 Å². The van der Waals surface area contributed by atoms with Gasteiger partial charge in [-0.15, -0.1) is 0 Å². The van der Waals surface area contributed by atoms with E-state index in [1.54, 1.807) is 36.4 Å². The molecule has 0 bridgehead atoms. The maximum absolute atomic E-state index is 12.1. The van der Waals surface area contributed by atoms with Crippen LogP contribution in [0.1, 0.15) is 16.7 Å². The molecule has 0 spiro atoms. The first-order valence-electron chi connectivity index (χ1n) is 8.51. The average molecular weight is 441 g/mol. The number of aromatic nitrogens is 1. The van der Waals surface area contributed by atoms with Crippen molar-refractivity contribution in [3.8, 4) is 34.8 Å². The van der Waals surface area contributed by atoms with E-state index in [4.69, 9.17) is 38.4 Å². The lowest BCUT2D eigenvalue weighted by atomic mass is 9.96. The number of nitrogens with one attached hydrogen (secondary N) is 1. The summed E-state index contributed by atoms with van der Waals surface area (Å²) in [5, 5.41) is 19.8. The van der Waals surface area contributed by atoms with Crippen LogP contribution in [0.5, 0.6) is 11.5 Å². The van der Waals surface area contributed by atoms with Gasteiger partial charge in [0.1, 0.15) is 35.7 Å². The Kier molecular flexibility index (Phi) is 6.17. The third kappa shape index (κ3) is 3.90. The van der Waals surface area contributed by atoms with E-state index in [1.165, 1.54) is 7.11 Å². The minimum absolute atomic E-state index is 0.00952. The van der Waals surface area contributed by atoms with Gasteiger partial charge in [0.15, 0.2) is 11.5 Å². The van der Waals surface area contributed by atoms with Gasteiger partial charge < -0.3 is 20.2 Å². The number of aromatic amines is 1. The number of pyridine rings is 1. The lowest BCUT2D eigenvalue weighted by Gasteiger charge is -2.15. The molecule has 3 aromatic rings. The molecule has 9 heteroatoms. The Morgan fingerprint density at radius 2 is 1.73 bits per heavy atom. The van der Waals surface area contributed by atoms with Gasteiger partial charge in [0.05, 0.1) is 7.11 Å². The molecule has 0 aliphatic rings. The maximum atomic E-state index is 12.1. The molecule has 1 aromatic heterocycles. The monoisotopic (exact) mass is 440 g/mol. The van der Waals surface area contributed by atoms with Crippen LogP contribution in [0.3, 0.4) is 0 Å². The first-order chi connectivity index (χ1) is 14.4. The minimum atomic E-state index is -0.684. The van der Waals surface area contributed by atoms with Crippen LogP contribution in [-0.2, 0) is 6.61 Å². The molecule has 0 aliphatic carbocycles. The molecule has 7 nitrogen and oxygen atoms in total. The van der Waals surface area contributed by atoms with Crippen molar-refractivity contribution in [2.75, 3.05) is 12.8 Å². The van der Waals surface area contributed by atoms with Gasteiger partial charge in [0.25, 0.3) is 5.56 Å². The SMILES string of the molecule is COc1cc(-c2c(C#N)c(N)[nH]c(=O)c2C#N)ccc1OCc1c(Cl)cccc1Cl. The zero-order chi connectivity index (χ0) is 21.8. The van der Waals surface area contributed by atoms with Crippen molar-refractivity contribution in [3.05, 3.63) is 73.5 Å². The summed E-state index contributed by atoms with van der Waals surface area (Å²) in [4.78, 5) is 14.4. The zero-order valence-corrected chi connectivity index (χ0v) is 17.1. The van der Waals surface area contributed by atoms with E-state index in [-0.39, 0.29) is 29.1 Å². The van der Waals surface area contributed by atoms with Crippen LogP contribution in [0.15, 0.2) is 41.2 Å². The molecule has 1 heterocycles. The Balaban J connectivity index is 2.05. The number of rotatable bonds is 5. The Morgan fingerprint density at radius 1 is 1.07 bits per heavy atom. The van der Waals surface area contributed by atoms with E-state index < -0.39 is 5.56 Å². The predicted molar refractivity (Wildman–Crippen MR) is 114 cm³/mol. The smallest absolute Gasteiger partial charge is 0.268 e. The summed E-state index contributed by atoms with van der Waals surface area (Å²) in [5.41, 5.74) is 6.00. The van der Waals surface area contributed by atoms with E-state index in [0.717, 1.165) is 0 Å². The summed E-state index contributed by atoms with van der Waals surface area (Å²) in [6, 6.07) is 13.6. The Hall–Kier alpha value is -3.65. The first-order valence-corrected chi connectivity index (χ1v) is 9.26. The highest BCUT2D eigenvalue weighted by Crippen LogP contribution is 2.36. The number of H-pyrrole nitrogens is 1. The molecule has 0 fully saturated rings. The molecule has 0 aliphatic heterocycles. The molecule has 0 amide bonds. The minimum Gasteiger partial charge on any atom is -0.493 e. The van der Waals surface area contributed by atoms with Gasteiger partial charge in [0.2, 0.25) is 0 Å². The number of hydrogen-bond donors (Lipinski definition) is 2. The van der Waals surface area contributed by atoms with Crippen LogP contribution in [0, 0.1) is 22.7 Å². The number of nitriles is 2.